The Morgan fingerprint density at radius 3 is 2.38 bits per heavy atom. The molecule has 0 saturated carbocycles. The third-order valence-corrected chi connectivity index (χ3v) is 6.22. The normalized spacial score (nSPS) is 15.0. The zero-order chi connectivity index (χ0) is 22.2. The minimum absolute atomic E-state index is 0.626. The molecule has 5 heteroatoms. The monoisotopic (exact) mass is 434 g/mol. The van der Waals surface area contributed by atoms with Crippen molar-refractivity contribution in [2.24, 2.45) is 5.92 Å². The van der Waals surface area contributed by atoms with Crippen molar-refractivity contribution in [3.63, 3.8) is 0 Å². The van der Waals surface area contributed by atoms with Crippen LogP contribution in [0.1, 0.15) is 39.5 Å². The first kappa shape index (κ1) is 22.4. The summed E-state index contributed by atoms with van der Waals surface area (Å²) >= 11 is 0. The first-order chi connectivity index (χ1) is 15.8. The van der Waals surface area contributed by atoms with Gasteiger partial charge in [-0.15, -0.1) is 0 Å². The second-order valence-electron chi connectivity index (χ2n) is 8.47. The van der Waals surface area contributed by atoms with E-state index < -0.39 is 0 Å². The fraction of sp³-hybridized carbons (Fsp3) is 0.444. The molecule has 170 valence electrons. The topological polar surface area (TPSA) is 47.7 Å². The van der Waals surface area contributed by atoms with Crippen molar-refractivity contribution in [1.29, 1.82) is 0 Å². The van der Waals surface area contributed by atoms with Crippen LogP contribution in [0.5, 0.6) is 5.75 Å². The lowest BCUT2D eigenvalue weighted by Gasteiger charge is -2.28. The molecule has 0 N–H and O–H groups in total. The second-order valence-corrected chi connectivity index (χ2v) is 8.47. The summed E-state index contributed by atoms with van der Waals surface area (Å²) < 4.78 is 17.1. The van der Waals surface area contributed by atoms with E-state index in [0.29, 0.717) is 5.92 Å². The van der Waals surface area contributed by atoms with Gasteiger partial charge in [0, 0.05) is 36.0 Å². The maximum absolute atomic E-state index is 6.02. The van der Waals surface area contributed by atoms with Crippen LogP contribution < -0.4 is 9.64 Å². The molecule has 1 saturated heterocycles. The van der Waals surface area contributed by atoms with Gasteiger partial charge in [-0.05, 0) is 48.7 Å². The number of hydrogen-bond donors (Lipinski definition) is 0. The molecule has 5 nitrogen and oxygen atoms in total. The van der Waals surface area contributed by atoms with Crippen molar-refractivity contribution < 1.29 is 14.0 Å². The predicted molar refractivity (Wildman–Crippen MR) is 129 cm³/mol. The van der Waals surface area contributed by atoms with E-state index in [4.69, 9.17) is 14.0 Å². The summed E-state index contributed by atoms with van der Waals surface area (Å²) in [6.07, 6.45) is 4.90. The van der Waals surface area contributed by atoms with Crippen molar-refractivity contribution in [2.75, 3.05) is 37.8 Å². The number of unbranched alkanes of at least 4 members (excludes halogenated alkanes) is 1. The molecule has 1 aromatic heterocycles. The standard InChI is InChI=1S/C27H34N2O3/c1-3-5-6-21(4-2)20-31-25-13-9-23(10-14-25)27-19-26(28-32-27)22-7-11-24(12-8-22)29-15-17-30-18-16-29/h7-14,19,21H,3-6,15-18,20H2,1-2H3. The molecule has 4 rings (SSSR count). The van der Waals surface area contributed by atoms with Gasteiger partial charge >= 0.3 is 0 Å². The minimum atomic E-state index is 0.626. The molecular weight excluding hydrogens is 400 g/mol. The van der Waals surface area contributed by atoms with E-state index in [0.717, 1.165) is 67.7 Å². The van der Waals surface area contributed by atoms with E-state index in [1.165, 1.54) is 24.9 Å². The van der Waals surface area contributed by atoms with Crippen LogP contribution in [0.2, 0.25) is 0 Å². The lowest BCUT2D eigenvalue weighted by Crippen LogP contribution is -2.36. The maximum Gasteiger partial charge on any atom is 0.167 e. The van der Waals surface area contributed by atoms with Crippen LogP contribution in [0.25, 0.3) is 22.6 Å². The van der Waals surface area contributed by atoms with Crippen LogP contribution in [0.4, 0.5) is 5.69 Å². The highest BCUT2D eigenvalue weighted by Crippen LogP contribution is 2.29. The number of hydrogen-bond acceptors (Lipinski definition) is 5. The summed E-state index contributed by atoms with van der Waals surface area (Å²) in [6, 6.07) is 18.6. The molecular formula is C27H34N2O3. The molecule has 2 heterocycles. The zero-order valence-corrected chi connectivity index (χ0v) is 19.3. The molecule has 0 amide bonds. The van der Waals surface area contributed by atoms with Gasteiger partial charge in [0.25, 0.3) is 0 Å². The molecule has 0 spiro atoms. The molecule has 1 aliphatic rings. The Kier molecular flexibility index (Phi) is 7.83. The Morgan fingerprint density at radius 2 is 1.69 bits per heavy atom. The average molecular weight is 435 g/mol. The molecule has 1 fully saturated rings. The zero-order valence-electron chi connectivity index (χ0n) is 19.3. The largest absolute Gasteiger partial charge is 0.493 e. The fourth-order valence-corrected chi connectivity index (χ4v) is 4.04. The quantitative estimate of drug-likeness (QED) is 0.367. The van der Waals surface area contributed by atoms with Gasteiger partial charge in [-0.2, -0.15) is 0 Å². The summed E-state index contributed by atoms with van der Waals surface area (Å²) in [5.41, 5.74) is 4.11. The van der Waals surface area contributed by atoms with Gasteiger partial charge in [-0.1, -0.05) is 50.4 Å². The summed E-state index contributed by atoms with van der Waals surface area (Å²) in [5, 5.41) is 4.29. The van der Waals surface area contributed by atoms with Crippen LogP contribution in [-0.4, -0.2) is 38.1 Å². The molecule has 0 aliphatic carbocycles. The van der Waals surface area contributed by atoms with E-state index >= 15 is 0 Å². The highest BCUT2D eigenvalue weighted by Gasteiger charge is 2.13. The van der Waals surface area contributed by atoms with E-state index in [1.807, 2.05) is 30.3 Å². The maximum atomic E-state index is 6.02. The van der Waals surface area contributed by atoms with E-state index in [-0.39, 0.29) is 0 Å². The van der Waals surface area contributed by atoms with Gasteiger partial charge < -0.3 is 18.9 Å². The number of ether oxygens (including phenoxy) is 2. The molecule has 1 unspecified atom stereocenters. The van der Waals surface area contributed by atoms with Gasteiger partial charge in [0.15, 0.2) is 5.76 Å². The summed E-state index contributed by atoms with van der Waals surface area (Å²) in [6.45, 7) is 8.71. The number of morpholine rings is 1. The summed E-state index contributed by atoms with van der Waals surface area (Å²) in [7, 11) is 0. The first-order valence-corrected chi connectivity index (χ1v) is 11.9. The van der Waals surface area contributed by atoms with Gasteiger partial charge in [-0.25, -0.2) is 0 Å². The summed E-state index contributed by atoms with van der Waals surface area (Å²) in [5.74, 6) is 2.29. The second kappa shape index (κ2) is 11.2. The van der Waals surface area contributed by atoms with Crippen molar-refractivity contribution in [3.05, 3.63) is 54.6 Å². The Balaban J connectivity index is 1.37. The van der Waals surface area contributed by atoms with Crippen LogP contribution in [0.15, 0.2) is 59.1 Å². The van der Waals surface area contributed by atoms with Gasteiger partial charge in [0.2, 0.25) is 0 Å². The predicted octanol–water partition coefficient (Wildman–Crippen LogP) is 6.44. The van der Waals surface area contributed by atoms with E-state index in [9.17, 15) is 0 Å². The van der Waals surface area contributed by atoms with Gasteiger partial charge in [-0.3, -0.25) is 0 Å². The van der Waals surface area contributed by atoms with Gasteiger partial charge in [0.05, 0.1) is 19.8 Å². The van der Waals surface area contributed by atoms with Crippen molar-refractivity contribution in [1.82, 2.24) is 5.16 Å². The SMILES string of the molecule is CCCCC(CC)COc1ccc(-c2cc(-c3ccc(N4CCOCC4)cc3)no2)cc1. The minimum Gasteiger partial charge on any atom is -0.493 e. The van der Waals surface area contributed by atoms with E-state index in [1.54, 1.807) is 0 Å². The van der Waals surface area contributed by atoms with Crippen LogP contribution in [-0.2, 0) is 4.74 Å². The molecule has 0 bridgehead atoms. The number of nitrogens with zero attached hydrogens (tertiary/aromatic N) is 2. The van der Waals surface area contributed by atoms with Gasteiger partial charge in [0.1, 0.15) is 11.4 Å². The van der Waals surface area contributed by atoms with Crippen LogP contribution in [0.3, 0.4) is 0 Å². The summed E-state index contributed by atoms with van der Waals surface area (Å²) in [4.78, 5) is 2.34. The van der Waals surface area contributed by atoms with E-state index in [2.05, 4.69) is 48.2 Å². The Bertz CT molecular complexity index is 944. The van der Waals surface area contributed by atoms with Crippen LogP contribution >= 0.6 is 0 Å². The molecule has 32 heavy (non-hydrogen) atoms. The third-order valence-electron chi connectivity index (χ3n) is 6.22. The number of rotatable bonds is 10. The highest BCUT2D eigenvalue weighted by molar-refractivity contribution is 5.68. The Hall–Kier alpha value is -2.79. The molecule has 3 aromatic rings. The molecule has 1 aliphatic heterocycles. The lowest BCUT2D eigenvalue weighted by atomic mass is 10.0. The number of anilines is 1. The number of benzene rings is 2. The molecule has 1 atom stereocenters. The van der Waals surface area contributed by atoms with Crippen molar-refractivity contribution in [3.8, 4) is 28.3 Å². The average Bonchev–Trinajstić information content (AvgIpc) is 3.36. The smallest absolute Gasteiger partial charge is 0.167 e. The number of aromatic nitrogens is 1. The fourth-order valence-electron chi connectivity index (χ4n) is 4.04. The Morgan fingerprint density at radius 1 is 0.969 bits per heavy atom. The molecule has 2 aromatic carbocycles. The van der Waals surface area contributed by atoms with Crippen molar-refractivity contribution in [2.45, 2.75) is 39.5 Å². The molecule has 0 radical (unpaired) electrons. The lowest BCUT2D eigenvalue weighted by molar-refractivity contribution is 0.122. The Labute approximate surface area is 191 Å². The van der Waals surface area contributed by atoms with Crippen LogP contribution in [0, 0.1) is 5.92 Å². The third kappa shape index (κ3) is 5.71. The highest BCUT2D eigenvalue weighted by atomic mass is 16.5. The van der Waals surface area contributed by atoms with Crippen molar-refractivity contribution >= 4 is 5.69 Å². The first-order valence-electron chi connectivity index (χ1n) is 11.9.